The number of nitrogens with zero attached hydrogens (tertiary/aromatic N) is 2. The fraction of sp³-hybridized carbons (Fsp3) is 0.458. The molecule has 0 radical (unpaired) electrons. The first-order chi connectivity index (χ1) is 16.3. The van der Waals surface area contributed by atoms with Crippen LogP contribution in [0, 0.1) is 12.7 Å². The molecular weight excluding hydrogens is 445 g/mol. The normalized spacial score (nSPS) is 22.1. The van der Waals surface area contributed by atoms with Crippen LogP contribution in [0.2, 0.25) is 0 Å². The highest BCUT2D eigenvalue weighted by Crippen LogP contribution is 2.40. The van der Waals surface area contributed by atoms with Crippen molar-refractivity contribution in [3.63, 3.8) is 0 Å². The maximum absolute atomic E-state index is 15.0. The minimum Gasteiger partial charge on any atom is -0.490 e. The van der Waals surface area contributed by atoms with Crippen molar-refractivity contribution in [2.24, 2.45) is 0 Å². The Bertz CT molecular complexity index is 1160. The highest BCUT2D eigenvalue weighted by atomic mass is 19.1. The van der Waals surface area contributed by atoms with Crippen molar-refractivity contribution < 1.29 is 33.3 Å². The average molecular weight is 471 g/mol. The number of carbonyl (C=O) groups excluding carboxylic acids is 2. The van der Waals surface area contributed by atoms with Gasteiger partial charge >= 0.3 is 0 Å². The van der Waals surface area contributed by atoms with Crippen LogP contribution in [-0.2, 0) is 11.2 Å². The van der Waals surface area contributed by atoms with Crippen LogP contribution in [0.1, 0.15) is 41.3 Å². The molecule has 2 amide bonds. The third-order valence-corrected chi connectivity index (χ3v) is 6.37. The lowest BCUT2D eigenvalue weighted by Crippen LogP contribution is -2.37. The molecule has 1 aromatic heterocycles. The maximum atomic E-state index is 15.0. The molecule has 0 aliphatic carbocycles. The fourth-order valence-corrected chi connectivity index (χ4v) is 4.57. The molecule has 3 atom stereocenters. The average Bonchev–Trinajstić information content (AvgIpc) is 3.17. The number of fused-ring (bicyclic) bond motifs is 3. The van der Waals surface area contributed by atoms with Crippen LogP contribution in [-0.4, -0.2) is 64.8 Å². The van der Waals surface area contributed by atoms with E-state index < -0.39 is 17.8 Å². The summed E-state index contributed by atoms with van der Waals surface area (Å²) in [5, 5.41) is 12.2. The zero-order chi connectivity index (χ0) is 24.0. The topological polar surface area (TPSA) is 110 Å². The van der Waals surface area contributed by atoms with Gasteiger partial charge in [-0.2, -0.15) is 0 Å². The smallest absolute Gasteiger partial charge is 0.262 e. The standard InChI is InChI=1S/C24H26FN3O6/c1-12-5-18-21(23(22(12)25)33-13(2)10-29)24(31)28-9-16(6-15(28)11-32-18)34-20-7-17-14(8-26-20)3-4-19(30)27-17/h5,7-8,13,15-16,29H,3-4,6,9-11H2,1-2H3,(H,27,30)/t13-,15-,16+/m1/s1. The van der Waals surface area contributed by atoms with Crippen molar-refractivity contribution in [3.8, 4) is 17.4 Å². The summed E-state index contributed by atoms with van der Waals surface area (Å²) < 4.78 is 32.5. The first-order valence-corrected chi connectivity index (χ1v) is 11.3. The van der Waals surface area contributed by atoms with E-state index in [1.165, 1.54) is 6.07 Å². The van der Waals surface area contributed by atoms with Crippen LogP contribution < -0.4 is 19.5 Å². The Morgan fingerprint density at radius 2 is 2.18 bits per heavy atom. The Balaban J connectivity index is 1.38. The summed E-state index contributed by atoms with van der Waals surface area (Å²) in [6.07, 6.45) is 2.22. The molecule has 2 aromatic rings. The Kier molecular flexibility index (Phi) is 5.76. The van der Waals surface area contributed by atoms with Gasteiger partial charge < -0.3 is 29.5 Å². The van der Waals surface area contributed by atoms with Gasteiger partial charge in [-0.25, -0.2) is 9.37 Å². The Morgan fingerprint density at radius 1 is 1.35 bits per heavy atom. The summed E-state index contributed by atoms with van der Waals surface area (Å²) in [4.78, 5) is 31.2. The summed E-state index contributed by atoms with van der Waals surface area (Å²) in [5.41, 5.74) is 1.95. The Labute approximate surface area is 195 Å². The van der Waals surface area contributed by atoms with E-state index in [1.54, 1.807) is 31.0 Å². The number of pyridine rings is 1. The molecule has 5 rings (SSSR count). The predicted octanol–water partition coefficient (Wildman–Crippen LogP) is 2.23. The molecular formula is C24H26FN3O6. The van der Waals surface area contributed by atoms with Gasteiger partial charge in [0.2, 0.25) is 11.8 Å². The lowest BCUT2D eigenvalue weighted by molar-refractivity contribution is -0.116. The molecule has 1 aromatic carbocycles. The number of hydrogen-bond donors (Lipinski definition) is 2. The van der Waals surface area contributed by atoms with Crippen molar-refractivity contribution in [2.75, 3.05) is 25.1 Å². The number of nitrogens with one attached hydrogen (secondary N) is 1. The third kappa shape index (κ3) is 4.02. The molecule has 1 fully saturated rings. The number of halogens is 1. The van der Waals surface area contributed by atoms with Crippen LogP contribution in [0.5, 0.6) is 17.4 Å². The van der Waals surface area contributed by atoms with Crippen LogP contribution >= 0.6 is 0 Å². The molecule has 4 heterocycles. The number of hydrogen-bond acceptors (Lipinski definition) is 7. The largest absolute Gasteiger partial charge is 0.490 e. The minimum atomic E-state index is -0.697. The monoisotopic (exact) mass is 471 g/mol. The lowest BCUT2D eigenvalue weighted by atomic mass is 10.1. The highest BCUT2D eigenvalue weighted by Gasteiger charge is 2.42. The molecule has 180 valence electrons. The number of aliphatic hydroxyl groups is 1. The SMILES string of the molecule is Cc1cc2c(c(O[C@H](C)CO)c1F)C(=O)N1C[C@@H](Oc3cc4c(cn3)CCC(=O)N4)C[C@@H]1CO2. The van der Waals surface area contributed by atoms with E-state index in [4.69, 9.17) is 14.2 Å². The molecule has 0 spiro atoms. The lowest BCUT2D eigenvalue weighted by Gasteiger charge is -2.22. The fourth-order valence-electron chi connectivity index (χ4n) is 4.57. The number of ether oxygens (including phenoxy) is 3. The summed E-state index contributed by atoms with van der Waals surface area (Å²) in [7, 11) is 0. The first-order valence-electron chi connectivity index (χ1n) is 11.3. The van der Waals surface area contributed by atoms with Gasteiger partial charge in [-0.1, -0.05) is 0 Å². The number of anilines is 1. The third-order valence-electron chi connectivity index (χ3n) is 6.37. The molecule has 10 heteroatoms. The van der Waals surface area contributed by atoms with E-state index >= 15 is 0 Å². The van der Waals surface area contributed by atoms with Crippen molar-refractivity contribution in [3.05, 3.63) is 40.8 Å². The zero-order valence-electron chi connectivity index (χ0n) is 19.0. The number of amides is 2. The van der Waals surface area contributed by atoms with E-state index in [0.717, 1.165) is 5.56 Å². The number of aryl methyl sites for hydroxylation is 2. The van der Waals surface area contributed by atoms with Crippen LogP contribution in [0.15, 0.2) is 18.3 Å². The van der Waals surface area contributed by atoms with Crippen LogP contribution in [0.25, 0.3) is 0 Å². The summed E-state index contributed by atoms with van der Waals surface area (Å²) in [5.74, 6) is -0.687. The number of benzene rings is 1. The van der Waals surface area contributed by atoms with Gasteiger partial charge in [0.15, 0.2) is 11.6 Å². The summed E-state index contributed by atoms with van der Waals surface area (Å²) in [6, 6.07) is 2.93. The van der Waals surface area contributed by atoms with Gasteiger partial charge in [0.1, 0.15) is 30.1 Å². The Morgan fingerprint density at radius 3 is 2.97 bits per heavy atom. The van der Waals surface area contributed by atoms with Crippen molar-refractivity contribution >= 4 is 17.5 Å². The van der Waals surface area contributed by atoms with E-state index in [0.29, 0.717) is 36.4 Å². The predicted molar refractivity (Wildman–Crippen MR) is 119 cm³/mol. The number of carbonyl (C=O) groups is 2. The molecule has 0 saturated carbocycles. The second-order valence-corrected chi connectivity index (χ2v) is 8.95. The summed E-state index contributed by atoms with van der Waals surface area (Å²) in [6.45, 7) is 3.33. The van der Waals surface area contributed by atoms with Crippen molar-refractivity contribution in [2.45, 2.75) is 51.4 Å². The van der Waals surface area contributed by atoms with Crippen molar-refractivity contribution in [1.29, 1.82) is 0 Å². The van der Waals surface area contributed by atoms with Gasteiger partial charge in [-0.15, -0.1) is 0 Å². The minimum absolute atomic E-state index is 0.0150. The molecule has 34 heavy (non-hydrogen) atoms. The molecule has 0 bridgehead atoms. The first kappa shape index (κ1) is 22.4. The van der Waals surface area contributed by atoms with E-state index in [-0.39, 0.29) is 54.9 Å². The molecule has 0 unspecified atom stereocenters. The van der Waals surface area contributed by atoms with Gasteiger partial charge in [-0.05, 0) is 37.5 Å². The van der Waals surface area contributed by atoms with Gasteiger partial charge in [0, 0.05) is 25.1 Å². The van der Waals surface area contributed by atoms with E-state index in [1.807, 2.05) is 0 Å². The van der Waals surface area contributed by atoms with Gasteiger partial charge in [-0.3, -0.25) is 9.59 Å². The van der Waals surface area contributed by atoms with E-state index in [9.17, 15) is 19.1 Å². The second-order valence-electron chi connectivity index (χ2n) is 8.95. The molecule has 2 N–H and O–H groups in total. The number of rotatable bonds is 5. The van der Waals surface area contributed by atoms with Gasteiger partial charge in [0.05, 0.1) is 24.9 Å². The second kappa shape index (κ2) is 8.75. The van der Waals surface area contributed by atoms with Crippen LogP contribution in [0.4, 0.5) is 10.1 Å². The number of aliphatic hydroxyl groups excluding tert-OH is 1. The summed E-state index contributed by atoms with van der Waals surface area (Å²) >= 11 is 0. The molecule has 9 nitrogen and oxygen atoms in total. The number of aromatic nitrogens is 1. The zero-order valence-corrected chi connectivity index (χ0v) is 19.0. The maximum Gasteiger partial charge on any atom is 0.262 e. The highest BCUT2D eigenvalue weighted by molar-refractivity contribution is 6.00. The van der Waals surface area contributed by atoms with Gasteiger partial charge in [0.25, 0.3) is 5.91 Å². The van der Waals surface area contributed by atoms with Crippen molar-refractivity contribution in [1.82, 2.24) is 9.88 Å². The molecule has 1 saturated heterocycles. The Hall–Kier alpha value is -3.40. The van der Waals surface area contributed by atoms with E-state index in [2.05, 4.69) is 10.3 Å². The molecule has 3 aliphatic rings. The molecule has 3 aliphatic heterocycles. The van der Waals surface area contributed by atoms with Crippen LogP contribution in [0.3, 0.4) is 0 Å². The quantitative estimate of drug-likeness (QED) is 0.688.